The second kappa shape index (κ2) is 6.18. The molecule has 0 saturated carbocycles. The van der Waals surface area contributed by atoms with Gasteiger partial charge in [0.1, 0.15) is 0 Å². The topological polar surface area (TPSA) is 89.2 Å². The van der Waals surface area contributed by atoms with Gasteiger partial charge in [-0.1, -0.05) is 0 Å². The molecule has 0 aliphatic rings. The number of carbonyl (C=O) groups excluding carboxylic acids is 2. The zero-order valence-electron chi connectivity index (χ0n) is 12.3. The molecule has 0 atom stereocenters. The number of aromatic nitrogens is 2. The summed E-state index contributed by atoms with van der Waals surface area (Å²) in [6.45, 7) is 0. The van der Waals surface area contributed by atoms with Crippen LogP contribution in [0.25, 0.3) is 0 Å². The molecular weight excluding hydrogens is 296 g/mol. The Morgan fingerprint density at radius 3 is 2.22 bits per heavy atom. The number of rotatable bonds is 4. The molecule has 2 amide bonds. The number of hydrogen-bond acceptors (Lipinski definition) is 4. The van der Waals surface area contributed by atoms with Crippen LogP contribution in [0.3, 0.4) is 0 Å². The number of anilines is 2. The predicted octanol–water partition coefficient (Wildman–Crippen LogP) is 2.52. The van der Waals surface area contributed by atoms with Gasteiger partial charge in [-0.2, -0.15) is 5.10 Å². The van der Waals surface area contributed by atoms with Gasteiger partial charge in [0.25, 0.3) is 11.8 Å². The van der Waals surface area contributed by atoms with Crippen molar-refractivity contribution in [1.29, 1.82) is 0 Å². The van der Waals surface area contributed by atoms with Gasteiger partial charge in [-0.3, -0.25) is 14.3 Å². The number of carbonyl (C=O) groups is 2. The van der Waals surface area contributed by atoms with Crippen LogP contribution in [0.15, 0.2) is 59.5 Å². The molecule has 0 aliphatic carbocycles. The number of aryl methyl sites for hydroxylation is 1. The summed E-state index contributed by atoms with van der Waals surface area (Å²) >= 11 is 0. The van der Waals surface area contributed by atoms with Crippen molar-refractivity contribution < 1.29 is 14.0 Å². The third-order valence-electron chi connectivity index (χ3n) is 3.11. The third kappa shape index (κ3) is 3.46. The number of nitrogens with one attached hydrogen (secondary N) is 2. The largest absolute Gasteiger partial charge is 0.459 e. The zero-order chi connectivity index (χ0) is 16.2. The Morgan fingerprint density at radius 2 is 1.70 bits per heavy atom. The minimum absolute atomic E-state index is 0.235. The fourth-order valence-corrected chi connectivity index (χ4v) is 1.98. The number of hydrogen-bond donors (Lipinski definition) is 2. The van der Waals surface area contributed by atoms with Crippen LogP contribution >= 0.6 is 0 Å². The van der Waals surface area contributed by atoms with Crippen molar-refractivity contribution in [3.63, 3.8) is 0 Å². The van der Waals surface area contributed by atoms with Crippen LogP contribution < -0.4 is 10.6 Å². The molecule has 0 fully saturated rings. The van der Waals surface area contributed by atoms with E-state index in [1.165, 1.54) is 12.5 Å². The van der Waals surface area contributed by atoms with Gasteiger partial charge in [-0.05, 0) is 36.4 Å². The average Bonchev–Trinajstić information content (AvgIpc) is 3.20. The molecule has 3 rings (SSSR count). The normalized spacial score (nSPS) is 10.3. The van der Waals surface area contributed by atoms with Crippen LogP contribution in [-0.2, 0) is 7.05 Å². The highest BCUT2D eigenvalue weighted by Crippen LogP contribution is 2.15. The highest BCUT2D eigenvalue weighted by atomic mass is 16.3. The van der Waals surface area contributed by atoms with Crippen LogP contribution in [0.4, 0.5) is 11.4 Å². The molecule has 3 aromatic rings. The Hall–Kier alpha value is -3.35. The molecule has 2 aromatic heterocycles. The monoisotopic (exact) mass is 310 g/mol. The van der Waals surface area contributed by atoms with Gasteiger partial charge in [0, 0.05) is 24.6 Å². The van der Waals surface area contributed by atoms with Crippen LogP contribution in [0.1, 0.15) is 20.9 Å². The van der Waals surface area contributed by atoms with E-state index in [2.05, 4.69) is 15.7 Å². The van der Waals surface area contributed by atoms with E-state index >= 15 is 0 Å². The number of furan rings is 1. The van der Waals surface area contributed by atoms with E-state index < -0.39 is 0 Å². The fraction of sp³-hybridized carbons (Fsp3) is 0.0625. The van der Waals surface area contributed by atoms with E-state index in [0.717, 1.165) is 0 Å². The van der Waals surface area contributed by atoms with E-state index in [9.17, 15) is 9.59 Å². The lowest BCUT2D eigenvalue weighted by Crippen LogP contribution is -2.12. The molecule has 7 heteroatoms. The first-order chi connectivity index (χ1) is 11.1. The van der Waals surface area contributed by atoms with E-state index in [-0.39, 0.29) is 17.6 Å². The minimum Gasteiger partial charge on any atom is -0.459 e. The van der Waals surface area contributed by atoms with Crippen molar-refractivity contribution >= 4 is 23.2 Å². The molecule has 0 unspecified atom stereocenters. The van der Waals surface area contributed by atoms with Crippen molar-refractivity contribution in [3.05, 3.63) is 66.4 Å². The number of nitrogens with zero attached hydrogens (tertiary/aromatic N) is 2. The fourth-order valence-electron chi connectivity index (χ4n) is 1.98. The quantitative estimate of drug-likeness (QED) is 0.775. The van der Waals surface area contributed by atoms with E-state index in [1.54, 1.807) is 54.3 Å². The van der Waals surface area contributed by atoms with E-state index in [4.69, 9.17) is 4.42 Å². The molecule has 0 radical (unpaired) electrons. The maximum atomic E-state index is 12.0. The van der Waals surface area contributed by atoms with Gasteiger partial charge in [-0.15, -0.1) is 0 Å². The lowest BCUT2D eigenvalue weighted by Gasteiger charge is -2.06. The van der Waals surface area contributed by atoms with Crippen LogP contribution in [0, 0.1) is 0 Å². The van der Waals surface area contributed by atoms with Gasteiger partial charge in [0.15, 0.2) is 5.76 Å². The van der Waals surface area contributed by atoms with Crippen molar-refractivity contribution in [1.82, 2.24) is 9.78 Å². The number of amides is 2. The van der Waals surface area contributed by atoms with Crippen LogP contribution in [0.2, 0.25) is 0 Å². The molecule has 0 saturated heterocycles. The Balaban J connectivity index is 1.63. The van der Waals surface area contributed by atoms with Gasteiger partial charge in [-0.25, -0.2) is 0 Å². The molecule has 2 N–H and O–H groups in total. The van der Waals surface area contributed by atoms with Crippen LogP contribution in [0.5, 0.6) is 0 Å². The zero-order valence-corrected chi connectivity index (χ0v) is 12.3. The first-order valence-corrected chi connectivity index (χ1v) is 6.87. The van der Waals surface area contributed by atoms with E-state index in [0.29, 0.717) is 16.9 Å². The van der Waals surface area contributed by atoms with Crippen molar-refractivity contribution in [2.75, 3.05) is 10.6 Å². The highest BCUT2D eigenvalue weighted by molar-refractivity contribution is 6.04. The maximum absolute atomic E-state index is 12.0. The first kappa shape index (κ1) is 14.6. The first-order valence-electron chi connectivity index (χ1n) is 6.87. The standard InChI is InChI=1S/C16H14N4O3/c1-20-10-11(9-17-20)15(21)18-12-4-6-13(7-5-12)19-16(22)14-3-2-8-23-14/h2-10H,1H3,(H,18,21)(H,19,22). The van der Waals surface area contributed by atoms with Crippen molar-refractivity contribution in [3.8, 4) is 0 Å². The molecule has 2 heterocycles. The number of benzene rings is 1. The molecule has 116 valence electrons. The van der Waals surface area contributed by atoms with Crippen molar-refractivity contribution in [2.45, 2.75) is 0 Å². The van der Waals surface area contributed by atoms with Crippen molar-refractivity contribution in [2.24, 2.45) is 7.05 Å². The summed E-state index contributed by atoms with van der Waals surface area (Å²) in [5.74, 6) is -0.341. The molecule has 0 aliphatic heterocycles. The molecule has 0 spiro atoms. The molecular formula is C16H14N4O3. The lowest BCUT2D eigenvalue weighted by atomic mass is 10.2. The second-order valence-electron chi connectivity index (χ2n) is 4.87. The Morgan fingerprint density at radius 1 is 1.04 bits per heavy atom. The molecule has 0 bridgehead atoms. The van der Waals surface area contributed by atoms with Gasteiger partial charge < -0.3 is 15.1 Å². The summed E-state index contributed by atoms with van der Waals surface area (Å²) in [6.07, 6.45) is 4.56. The lowest BCUT2D eigenvalue weighted by molar-refractivity contribution is 0.0994. The van der Waals surface area contributed by atoms with Gasteiger partial charge in [0.05, 0.1) is 18.0 Å². The molecule has 23 heavy (non-hydrogen) atoms. The van der Waals surface area contributed by atoms with E-state index in [1.807, 2.05) is 0 Å². The summed E-state index contributed by atoms with van der Waals surface area (Å²) in [6, 6.07) is 10.0. The maximum Gasteiger partial charge on any atom is 0.291 e. The molecule has 7 nitrogen and oxygen atoms in total. The third-order valence-corrected chi connectivity index (χ3v) is 3.11. The average molecular weight is 310 g/mol. The smallest absolute Gasteiger partial charge is 0.291 e. The van der Waals surface area contributed by atoms with Gasteiger partial charge >= 0.3 is 0 Å². The summed E-state index contributed by atoms with van der Waals surface area (Å²) in [7, 11) is 1.74. The second-order valence-corrected chi connectivity index (χ2v) is 4.87. The Bertz CT molecular complexity index is 819. The molecule has 1 aromatic carbocycles. The SMILES string of the molecule is Cn1cc(C(=O)Nc2ccc(NC(=O)c3ccco3)cc2)cn1. The summed E-state index contributed by atoms with van der Waals surface area (Å²) in [5.41, 5.74) is 1.70. The van der Waals surface area contributed by atoms with Gasteiger partial charge in [0.2, 0.25) is 0 Å². The van der Waals surface area contributed by atoms with Crippen LogP contribution in [-0.4, -0.2) is 21.6 Å². The summed E-state index contributed by atoms with van der Waals surface area (Å²) in [5, 5.41) is 9.41. The predicted molar refractivity (Wildman–Crippen MR) is 84.3 cm³/mol. The highest BCUT2D eigenvalue weighted by Gasteiger charge is 2.10. The Kier molecular flexibility index (Phi) is 3.92. The summed E-state index contributed by atoms with van der Waals surface area (Å²) in [4.78, 5) is 23.8. The summed E-state index contributed by atoms with van der Waals surface area (Å²) < 4.78 is 6.58. The Labute approximate surface area is 131 Å². The minimum atomic E-state index is -0.331.